The van der Waals surface area contributed by atoms with Crippen LogP contribution >= 0.6 is 0 Å². The lowest BCUT2D eigenvalue weighted by Gasteiger charge is -2.30. The molecule has 2 heteroatoms. The monoisotopic (exact) mass is 256 g/mol. The second-order valence-corrected chi connectivity index (χ2v) is 6.85. The predicted molar refractivity (Wildman–Crippen MR) is 78.9 cm³/mol. The first-order valence-electron chi connectivity index (χ1n) is 7.92. The van der Waals surface area contributed by atoms with E-state index in [1.54, 1.807) is 5.56 Å². The van der Waals surface area contributed by atoms with E-state index in [9.17, 15) is 0 Å². The van der Waals surface area contributed by atoms with E-state index in [2.05, 4.69) is 23.1 Å². The highest BCUT2D eigenvalue weighted by Crippen LogP contribution is 2.42. The Bertz CT molecular complexity index is 460. The van der Waals surface area contributed by atoms with Gasteiger partial charge in [-0.2, -0.15) is 0 Å². The maximum Gasteiger partial charge on any atom is 0.0354 e. The highest BCUT2D eigenvalue weighted by molar-refractivity contribution is 5.47. The van der Waals surface area contributed by atoms with Crippen LogP contribution < -0.4 is 5.73 Å². The van der Waals surface area contributed by atoms with Crippen molar-refractivity contribution in [3.05, 3.63) is 29.3 Å². The normalized spacial score (nSPS) is 25.8. The van der Waals surface area contributed by atoms with Crippen molar-refractivity contribution >= 4 is 5.69 Å². The molecule has 3 aliphatic rings. The van der Waals surface area contributed by atoms with Crippen LogP contribution in [0.25, 0.3) is 0 Å². The van der Waals surface area contributed by atoms with Crippen LogP contribution in [-0.2, 0) is 6.42 Å². The smallest absolute Gasteiger partial charge is 0.0354 e. The van der Waals surface area contributed by atoms with Gasteiger partial charge in [0.25, 0.3) is 0 Å². The van der Waals surface area contributed by atoms with Crippen molar-refractivity contribution in [2.75, 3.05) is 18.8 Å². The van der Waals surface area contributed by atoms with Crippen molar-refractivity contribution in [2.24, 2.45) is 11.8 Å². The molecule has 2 N–H and O–H groups in total. The summed E-state index contributed by atoms with van der Waals surface area (Å²) in [5, 5.41) is 0. The molecule has 0 spiro atoms. The fourth-order valence-corrected chi connectivity index (χ4v) is 3.59. The van der Waals surface area contributed by atoms with Gasteiger partial charge in [-0.25, -0.2) is 0 Å². The number of anilines is 1. The quantitative estimate of drug-likeness (QED) is 0.818. The molecule has 2 nitrogen and oxygen atoms in total. The van der Waals surface area contributed by atoms with Gasteiger partial charge in [0, 0.05) is 24.8 Å². The van der Waals surface area contributed by atoms with Crippen molar-refractivity contribution in [1.82, 2.24) is 4.90 Å². The van der Waals surface area contributed by atoms with E-state index >= 15 is 0 Å². The highest BCUT2D eigenvalue weighted by atomic mass is 15.2. The summed E-state index contributed by atoms with van der Waals surface area (Å²) in [5.74, 6) is 1.99. The van der Waals surface area contributed by atoms with Crippen LogP contribution in [0.15, 0.2) is 18.2 Å². The van der Waals surface area contributed by atoms with E-state index < -0.39 is 0 Å². The van der Waals surface area contributed by atoms with Crippen LogP contribution in [0.4, 0.5) is 5.69 Å². The van der Waals surface area contributed by atoms with E-state index in [0.29, 0.717) is 6.04 Å². The Morgan fingerprint density at radius 2 is 1.68 bits per heavy atom. The summed E-state index contributed by atoms with van der Waals surface area (Å²) in [5.41, 5.74) is 9.91. The molecular formula is C17H24N2. The second kappa shape index (κ2) is 4.52. The molecule has 1 atom stereocenters. The van der Waals surface area contributed by atoms with Gasteiger partial charge in [-0.05, 0) is 73.6 Å². The third-order valence-corrected chi connectivity index (χ3v) is 5.03. The first-order chi connectivity index (χ1) is 9.29. The minimum absolute atomic E-state index is 0.678. The molecule has 0 bridgehead atoms. The fourth-order valence-electron chi connectivity index (χ4n) is 3.59. The Labute approximate surface area is 116 Å². The largest absolute Gasteiger partial charge is 0.399 e. The first-order valence-corrected chi connectivity index (χ1v) is 7.92. The standard InChI is InChI=1S/C17H24N2/c18-15-6-7-16-14(9-15)5-8-17(16)19(10-12-1-2-12)11-13-3-4-13/h6-7,9,12-13,17H,1-5,8,10-11,18H2. The number of fused-ring (bicyclic) bond motifs is 1. The fraction of sp³-hybridized carbons (Fsp3) is 0.647. The molecule has 0 heterocycles. The number of hydrogen-bond acceptors (Lipinski definition) is 2. The van der Waals surface area contributed by atoms with E-state index in [4.69, 9.17) is 5.73 Å². The Morgan fingerprint density at radius 3 is 2.32 bits per heavy atom. The molecule has 4 rings (SSSR count). The number of benzene rings is 1. The van der Waals surface area contributed by atoms with E-state index in [1.165, 1.54) is 57.2 Å². The lowest BCUT2D eigenvalue weighted by Crippen LogP contribution is -2.31. The van der Waals surface area contributed by atoms with Gasteiger partial charge in [0.05, 0.1) is 0 Å². The summed E-state index contributed by atoms with van der Waals surface area (Å²) in [7, 11) is 0. The maximum absolute atomic E-state index is 5.92. The van der Waals surface area contributed by atoms with Crippen molar-refractivity contribution < 1.29 is 0 Å². The minimum atomic E-state index is 0.678. The molecule has 2 fully saturated rings. The van der Waals surface area contributed by atoms with E-state index in [0.717, 1.165) is 17.5 Å². The zero-order valence-electron chi connectivity index (χ0n) is 11.6. The average Bonchev–Trinajstić information content (AvgIpc) is 3.30. The van der Waals surface area contributed by atoms with Gasteiger partial charge >= 0.3 is 0 Å². The number of aryl methyl sites for hydroxylation is 1. The predicted octanol–water partition coefficient (Wildman–Crippen LogP) is 3.38. The van der Waals surface area contributed by atoms with Gasteiger partial charge in [-0.15, -0.1) is 0 Å². The molecule has 1 aromatic rings. The SMILES string of the molecule is Nc1ccc2c(c1)CCC2N(CC1CC1)CC1CC1. The van der Waals surface area contributed by atoms with Crippen LogP contribution in [0.3, 0.4) is 0 Å². The van der Waals surface area contributed by atoms with Crippen LogP contribution in [0.5, 0.6) is 0 Å². The molecule has 19 heavy (non-hydrogen) atoms. The van der Waals surface area contributed by atoms with Crippen LogP contribution in [0.2, 0.25) is 0 Å². The highest BCUT2D eigenvalue weighted by Gasteiger charge is 2.35. The molecule has 1 aromatic carbocycles. The average molecular weight is 256 g/mol. The first kappa shape index (κ1) is 11.8. The summed E-state index contributed by atoms with van der Waals surface area (Å²) >= 11 is 0. The maximum atomic E-state index is 5.92. The van der Waals surface area contributed by atoms with Crippen molar-refractivity contribution in [2.45, 2.75) is 44.6 Å². The summed E-state index contributed by atoms with van der Waals surface area (Å²) in [6, 6.07) is 7.25. The number of nitrogen functional groups attached to an aromatic ring is 1. The third-order valence-electron chi connectivity index (χ3n) is 5.03. The number of nitrogens with two attached hydrogens (primary N) is 1. The van der Waals surface area contributed by atoms with Gasteiger partial charge in [-0.3, -0.25) is 4.90 Å². The summed E-state index contributed by atoms with van der Waals surface area (Å²) in [6.45, 7) is 2.68. The molecule has 2 saturated carbocycles. The summed E-state index contributed by atoms with van der Waals surface area (Å²) < 4.78 is 0. The number of rotatable bonds is 5. The Balaban J connectivity index is 1.55. The molecule has 102 valence electrons. The van der Waals surface area contributed by atoms with Crippen LogP contribution in [0.1, 0.15) is 49.3 Å². The van der Waals surface area contributed by atoms with Gasteiger partial charge in [-0.1, -0.05) is 6.07 Å². The zero-order chi connectivity index (χ0) is 12.8. The third kappa shape index (κ3) is 2.51. The molecule has 0 radical (unpaired) electrons. The molecular weight excluding hydrogens is 232 g/mol. The topological polar surface area (TPSA) is 29.3 Å². The minimum Gasteiger partial charge on any atom is -0.399 e. The molecule has 1 unspecified atom stereocenters. The van der Waals surface area contributed by atoms with Crippen molar-refractivity contribution in [3.8, 4) is 0 Å². The van der Waals surface area contributed by atoms with Crippen molar-refractivity contribution in [3.63, 3.8) is 0 Å². The lowest BCUT2D eigenvalue weighted by atomic mass is 10.1. The van der Waals surface area contributed by atoms with Gasteiger partial charge in [0.15, 0.2) is 0 Å². The molecule has 0 amide bonds. The van der Waals surface area contributed by atoms with Gasteiger partial charge in [0.1, 0.15) is 0 Å². The zero-order valence-corrected chi connectivity index (χ0v) is 11.6. The second-order valence-electron chi connectivity index (χ2n) is 6.85. The van der Waals surface area contributed by atoms with E-state index in [-0.39, 0.29) is 0 Å². The van der Waals surface area contributed by atoms with Crippen molar-refractivity contribution in [1.29, 1.82) is 0 Å². The molecule has 0 aliphatic heterocycles. The Morgan fingerprint density at radius 1 is 1.00 bits per heavy atom. The molecule has 0 saturated heterocycles. The van der Waals surface area contributed by atoms with Crippen LogP contribution in [0, 0.1) is 11.8 Å². The van der Waals surface area contributed by atoms with E-state index in [1.807, 2.05) is 0 Å². The molecule has 0 aromatic heterocycles. The Kier molecular flexibility index (Phi) is 2.80. The lowest BCUT2D eigenvalue weighted by molar-refractivity contribution is 0.180. The summed E-state index contributed by atoms with van der Waals surface area (Å²) in [4.78, 5) is 2.80. The number of nitrogens with zero attached hydrogens (tertiary/aromatic N) is 1. The van der Waals surface area contributed by atoms with Gasteiger partial charge in [0.2, 0.25) is 0 Å². The van der Waals surface area contributed by atoms with Gasteiger partial charge < -0.3 is 5.73 Å². The molecule has 3 aliphatic carbocycles. The number of hydrogen-bond donors (Lipinski definition) is 1. The van der Waals surface area contributed by atoms with Crippen LogP contribution in [-0.4, -0.2) is 18.0 Å². The summed E-state index contributed by atoms with van der Waals surface area (Å²) in [6.07, 6.45) is 8.37. The Hall–Kier alpha value is -1.02.